The van der Waals surface area contributed by atoms with Crippen LogP contribution in [-0.4, -0.2) is 49.0 Å². The third kappa shape index (κ3) is 4.38. The number of carbonyl (C=O) groups is 2. The molecule has 2 aliphatic heterocycles. The van der Waals surface area contributed by atoms with E-state index in [0.717, 1.165) is 4.88 Å². The van der Waals surface area contributed by atoms with E-state index in [0.29, 0.717) is 5.90 Å². The van der Waals surface area contributed by atoms with Gasteiger partial charge in [-0.1, -0.05) is 6.07 Å². The molecule has 0 saturated carbocycles. The summed E-state index contributed by atoms with van der Waals surface area (Å²) in [5.41, 5.74) is -1.31. The topological polar surface area (TPSA) is 83.4 Å². The quantitative estimate of drug-likeness (QED) is 0.711. The fourth-order valence-corrected chi connectivity index (χ4v) is 3.35. The van der Waals surface area contributed by atoms with Crippen molar-refractivity contribution in [3.63, 3.8) is 0 Å². The van der Waals surface area contributed by atoms with Gasteiger partial charge in [0.1, 0.15) is 12.7 Å². The maximum absolute atomic E-state index is 12.5. The third-order valence-corrected chi connectivity index (χ3v) is 5.21. The molecule has 1 saturated heterocycles. The SMILES string of the molecule is CC(C)(C)C(=O)OC[C@H]1O[C@@H]2N=C(c3cccs3)O[C@@H]2[C@H]1OC(=O)C(C)(C)C. The van der Waals surface area contributed by atoms with Crippen molar-refractivity contribution in [3.05, 3.63) is 22.4 Å². The largest absolute Gasteiger partial charge is 0.465 e. The van der Waals surface area contributed by atoms with Gasteiger partial charge in [0.05, 0.1) is 15.7 Å². The van der Waals surface area contributed by atoms with Gasteiger partial charge in [0, 0.05) is 0 Å². The highest BCUT2D eigenvalue weighted by Crippen LogP contribution is 2.35. The summed E-state index contributed by atoms with van der Waals surface area (Å²) in [6.45, 7) is 10.6. The Balaban J connectivity index is 1.75. The molecule has 2 aliphatic rings. The summed E-state index contributed by atoms with van der Waals surface area (Å²) in [4.78, 5) is 30.0. The second-order valence-corrected chi connectivity index (χ2v) is 9.98. The molecule has 1 aromatic rings. The maximum atomic E-state index is 12.5. The van der Waals surface area contributed by atoms with Crippen molar-refractivity contribution in [3.8, 4) is 0 Å². The first-order valence-electron chi connectivity index (χ1n) is 9.29. The van der Waals surface area contributed by atoms with E-state index < -0.39 is 35.4 Å². The lowest BCUT2D eigenvalue weighted by molar-refractivity contribution is -0.169. The Labute approximate surface area is 169 Å². The molecular formula is C20H27NO6S. The summed E-state index contributed by atoms with van der Waals surface area (Å²) in [7, 11) is 0. The average molecular weight is 410 g/mol. The number of aliphatic imine (C=N–C) groups is 1. The van der Waals surface area contributed by atoms with Gasteiger partial charge in [0.2, 0.25) is 5.90 Å². The molecule has 7 nitrogen and oxygen atoms in total. The number of hydrogen-bond donors (Lipinski definition) is 0. The van der Waals surface area contributed by atoms with Crippen molar-refractivity contribution in [2.45, 2.75) is 66.1 Å². The first-order valence-corrected chi connectivity index (χ1v) is 10.2. The van der Waals surface area contributed by atoms with Crippen molar-refractivity contribution in [2.75, 3.05) is 6.61 Å². The van der Waals surface area contributed by atoms with Crippen LogP contribution in [0.2, 0.25) is 0 Å². The molecule has 154 valence electrons. The van der Waals surface area contributed by atoms with Crippen LogP contribution in [0.5, 0.6) is 0 Å². The summed E-state index contributed by atoms with van der Waals surface area (Å²) in [6.07, 6.45) is -2.53. The average Bonchev–Trinajstić information content (AvgIpc) is 3.27. The predicted octanol–water partition coefficient (Wildman–Crippen LogP) is 3.17. The minimum absolute atomic E-state index is 0.0294. The lowest BCUT2D eigenvalue weighted by Crippen LogP contribution is -2.42. The molecule has 1 fully saturated rings. The molecule has 8 heteroatoms. The summed E-state index contributed by atoms with van der Waals surface area (Å²) in [5, 5.41) is 1.93. The minimum Gasteiger partial charge on any atom is -0.465 e. The van der Waals surface area contributed by atoms with Gasteiger partial charge >= 0.3 is 11.9 Å². The molecule has 0 aliphatic carbocycles. The van der Waals surface area contributed by atoms with E-state index in [1.54, 1.807) is 41.5 Å². The number of fused-ring (bicyclic) bond motifs is 1. The summed E-state index contributed by atoms with van der Waals surface area (Å²) < 4.78 is 23.0. The number of rotatable bonds is 4. The van der Waals surface area contributed by atoms with Gasteiger partial charge in [0.15, 0.2) is 18.4 Å². The van der Waals surface area contributed by atoms with Gasteiger partial charge in [0.25, 0.3) is 0 Å². The Kier molecular flexibility index (Phi) is 5.55. The van der Waals surface area contributed by atoms with Crippen molar-refractivity contribution in [2.24, 2.45) is 15.8 Å². The summed E-state index contributed by atoms with van der Waals surface area (Å²) >= 11 is 1.51. The molecule has 3 rings (SSSR count). The number of nitrogens with zero attached hydrogens (tertiary/aromatic N) is 1. The molecule has 0 amide bonds. The van der Waals surface area contributed by atoms with Crippen LogP contribution in [0, 0.1) is 10.8 Å². The van der Waals surface area contributed by atoms with Gasteiger partial charge in [-0.15, -0.1) is 11.3 Å². The smallest absolute Gasteiger partial charge is 0.311 e. The van der Waals surface area contributed by atoms with Crippen molar-refractivity contribution >= 4 is 29.2 Å². The number of hydrogen-bond acceptors (Lipinski definition) is 8. The predicted molar refractivity (Wildman–Crippen MR) is 104 cm³/mol. The van der Waals surface area contributed by atoms with E-state index in [1.807, 2.05) is 17.5 Å². The second-order valence-electron chi connectivity index (χ2n) is 9.03. The van der Waals surface area contributed by atoms with Crippen LogP contribution in [0.3, 0.4) is 0 Å². The molecule has 0 N–H and O–H groups in total. The van der Waals surface area contributed by atoms with Gasteiger partial charge in [-0.25, -0.2) is 4.99 Å². The van der Waals surface area contributed by atoms with E-state index in [4.69, 9.17) is 18.9 Å². The number of carbonyl (C=O) groups excluding carboxylic acids is 2. The van der Waals surface area contributed by atoms with Crippen LogP contribution >= 0.6 is 11.3 Å². The Morgan fingerprint density at radius 2 is 1.82 bits per heavy atom. The van der Waals surface area contributed by atoms with Crippen LogP contribution in [0.1, 0.15) is 46.4 Å². The standard InChI is InChI=1S/C20H27NO6S/c1-19(2,3)17(22)24-10-11-13(27-18(23)20(4,5)6)14-16(25-11)21-15(26-14)12-8-7-9-28-12/h7-9,11,13-14,16H,10H2,1-6H3/t11-,13+,14-,16+/m1/s1. The van der Waals surface area contributed by atoms with Gasteiger partial charge in [-0.2, -0.15) is 0 Å². The highest BCUT2D eigenvalue weighted by atomic mass is 32.1. The molecular weight excluding hydrogens is 382 g/mol. The van der Waals surface area contributed by atoms with Crippen LogP contribution in [0.4, 0.5) is 0 Å². The van der Waals surface area contributed by atoms with E-state index >= 15 is 0 Å². The molecule has 3 heterocycles. The van der Waals surface area contributed by atoms with E-state index in [1.165, 1.54) is 11.3 Å². The number of ether oxygens (including phenoxy) is 4. The zero-order valence-corrected chi connectivity index (χ0v) is 17.9. The van der Waals surface area contributed by atoms with Crippen molar-refractivity contribution in [1.82, 2.24) is 0 Å². The third-order valence-electron chi connectivity index (χ3n) is 4.36. The first-order chi connectivity index (χ1) is 13.0. The molecule has 28 heavy (non-hydrogen) atoms. The second kappa shape index (κ2) is 7.48. The first kappa shape index (κ1) is 20.8. The molecule has 4 atom stereocenters. The van der Waals surface area contributed by atoms with Crippen molar-refractivity contribution < 1.29 is 28.5 Å². The monoisotopic (exact) mass is 409 g/mol. The zero-order valence-electron chi connectivity index (χ0n) is 17.1. The number of esters is 2. The lowest BCUT2D eigenvalue weighted by Gasteiger charge is -2.26. The zero-order chi connectivity index (χ0) is 20.7. The molecule has 0 aromatic carbocycles. The van der Waals surface area contributed by atoms with E-state index in [-0.39, 0.29) is 18.5 Å². The Morgan fingerprint density at radius 1 is 1.14 bits per heavy atom. The summed E-state index contributed by atoms with van der Waals surface area (Å²) in [6, 6.07) is 3.82. The van der Waals surface area contributed by atoms with E-state index in [2.05, 4.69) is 4.99 Å². The normalized spacial score (nSPS) is 27.0. The fraction of sp³-hybridized carbons (Fsp3) is 0.650. The highest BCUT2D eigenvalue weighted by molar-refractivity contribution is 7.12. The van der Waals surface area contributed by atoms with Crippen LogP contribution < -0.4 is 0 Å². The van der Waals surface area contributed by atoms with Gasteiger partial charge in [-0.3, -0.25) is 9.59 Å². The maximum Gasteiger partial charge on any atom is 0.311 e. The van der Waals surface area contributed by atoms with Crippen molar-refractivity contribution in [1.29, 1.82) is 0 Å². The molecule has 0 unspecified atom stereocenters. The molecule has 0 radical (unpaired) electrons. The van der Waals surface area contributed by atoms with Crippen LogP contribution in [0.25, 0.3) is 0 Å². The Morgan fingerprint density at radius 3 is 2.39 bits per heavy atom. The lowest BCUT2D eigenvalue weighted by atomic mass is 9.97. The number of thiophene rings is 1. The highest BCUT2D eigenvalue weighted by Gasteiger charge is 2.53. The van der Waals surface area contributed by atoms with Crippen LogP contribution in [-0.2, 0) is 28.5 Å². The Bertz CT molecular complexity index is 759. The van der Waals surface area contributed by atoms with Gasteiger partial charge in [-0.05, 0) is 53.0 Å². The van der Waals surface area contributed by atoms with E-state index in [9.17, 15) is 9.59 Å². The summed E-state index contributed by atoms with van der Waals surface area (Å²) in [5.74, 6) is -0.244. The molecule has 0 spiro atoms. The molecule has 1 aromatic heterocycles. The minimum atomic E-state index is -0.717. The molecule has 0 bridgehead atoms. The fourth-order valence-electron chi connectivity index (χ4n) is 2.69. The van der Waals surface area contributed by atoms with Gasteiger partial charge < -0.3 is 18.9 Å². The van der Waals surface area contributed by atoms with Crippen LogP contribution in [0.15, 0.2) is 22.5 Å². The Hall–Kier alpha value is -1.93.